The molecule has 1 N–H and O–H groups in total. The zero-order valence-electron chi connectivity index (χ0n) is 12.0. The van der Waals surface area contributed by atoms with Gasteiger partial charge < -0.3 is 14.5 Å². The van der Waals surface area contributed by atoms with Crippen LogP contribution in [0.5, 0.6) is 0 Å². The first-order valence-corrected chi connectivity index (χ1v) is 7.06. The average Bonchev–Trinajstić information content (AvgIpc) is 2.74. The van der Waals surface area contributed by atoms with Crippen LogP contribution in [0.4, 0.5) is 0 Å². The number of furan rings is 1. The summed E-state index contributed by atoms with van der Waals surface area (Å²) >= 11 is 0. The molecule has 1 aliphatic carbocycles. The molecule has 0 spiro atoms. The number of carbonyl (C=O) groups is 2. The van der Waals surface area contributed by atoms with Gasteiger partial charge in [-0.15, -0.1) is 0 Å². The van der Waals surface area contributed by atoms with Crippen LogP contribution in [0.2, 0.25) is 0 Å². The molecular weight excluding hydrogens is 258 g/mol. The molecule has 0 unspecified atom stereocenters. The van der Waals surface area contributed by atoms with Crippen molar-refractivity contribution >= 4 is 11.9 Å². The van der Waals surface area contributed by atoms with E-state index in [4.69, 9.17) is 9.15 Å². The summed E-state index contributed by atoms with van der Waals surface area (Å²) in [5.74, 6) is -0.443. The topological polar surface area (TPSA) is 68.5 Å². The summed E-state index contributed by atoms with van der Waals surface area (Å²) in [6.07, 6.45) is 6.14. The summed E-state index contributed by atoms with van der Waals surface area (Å²) in [6.45, 7) is 1.82. The fourth-order valence-electron chi connectivity index (χ4n) is 2.75. The summed E-state index contributed by atoms with van der Waals surface area (Å²) in [5, 5.41) is 2.93. The molecule has 1 aromatic heterocycles. The predicted molar refractivity (Wildman–Crippen MR) is 73.3 cm³/mol. The second-order valence-electron chi connectivity index (χ2n) is 5.28. The molecule has 2 atom stereocenters. The first-order valence-electron chi connectivity index (χ1n) is 7.06. The van der Waals surface area contributed by atoms with Crippen molar-refractivity contribution in [1.29, 1.82) is 0 Å². The van der Waals surface area contributed by atoms with Crippen molar-refractivity contribution in [3.8, 4) is 0 Å². The number of hydrogen-bond acceptors (Lipinski definition) is 4. The van der Waals surface area contributed by atoms with Crippen LogP contribution in [0.3, 0.4) is 0 Å². The Morgan fingerprint density at radius 1 is 1.30 bits per heavy atom. The van der Waals surface area contributed by atoms with Gasteiger partial charge in [-0.3, -0.25) is 9.59 Å². The van der Waals surface area contributed by atoms with Crippen LogP contribution in [0.15, 0.2) is 16.7 Å². The van der Waals surface area contributed by atoms with E-state index in [-0.39, 0.29) is 23.8 Å². The van der Waals surface area contributed by atoms with Crippen LogP contribution in [0.1, 0.15) is 48.2 Å². The molecular formula is C15H21NO4. The van der Waals surface area contributed by atoms with Crippen LogP contribution < -0.4 is 5.32 Å². The van der Waals surface area contributed by atoms with Crippen LogP contribution in [0, 0.1) is 12.8 Å². The number of rotatable bonds is 3. The van der Waals surface area contributed by atoms with Crippen molar-refractivity contribution in [1.82, 2.24) is 5.32 Å². The third-order valence-corrected chi connectivity index (χ3v) is 3.90. The number of nitrogens with one attached hydrogen (secondary N) is 1. The summed E-state index contributed by atoms with van der Waals surface area (Å²) < 4.78 is 10.1. The van der Waals surface area contributed by atoms with Gasteiger partial charge in [0.05, 0.1) is 19.3 Å². The van der Waals surface area contributed by atoms with E-state index in [2.05, 4.69) is 5.32 Å². The van der Waals surface area contributed by atoms with Crippen LogP contribution in [-0.4, -0.2) is 25.0 Å². The Morgan fingerprint density at radius 2 is 2.05 bits per heavy atom. The van der Waals surface area contributed by atoms with Gasteiger partial charge in [0.25, 0.3) is 5.91 Å². The summed E-state index contributed by atoms with van der Waals surface area (Å²) in [7, 11) is 1.39. The van der Waals surface area contributed by atoms with E-state index in [0.29, 0.717) is 5.76 Å². The summed E-state index contributed by atoms with van der Waals surface area (Å²) in [4.78, 5) is 24.1. The maximum Gasteiger partial charge on any atom is 0.310 e. The lowest BCUT2D eigenvalue weighted by Crippen LogP contribution is -2.43. The minimum Gasteiger partial charge on any atom is -0.469 e. The quantitative estimate of drug-likeness (QED) is 0.681. The Labute approximate surface area is 118 Å². The molecule has 1 fully saturated rings. The third-order valence-electron chi connectivity index (χ3n) is 3.90. The monoisotopic (exact) mass is 279 g/mol. The van der Waals surface area contributed by atoms with Crippen LogP contribution >= 0.6 is 0 Å². The normalized spacial score (nSPS) is 22.9. The van der Waals surface area contributed by atoms with Gasteiger partial charge in [-0.1, -0.05) is 19.3 Å². The van der Waals surface area contributed by atoms with Crippen molar-refractivity contribution in [2.75, 3.05) is 7.11 Å². The predicted octanol–water partition coefficient (Wildman–Crippen LogP) is 2.44. The lowest BCUT2D eigenvalue weighted by atomic mass is 9.94. The molecule has 5 heteroatoms. The standard InChI is InChI=1S/C15H21NO4/c1-10-8-9-20-13(10)14(17)16-12-7-5-3-4-6-11(12)15(18)19-2/h8-9,11-12H,3-7H2,1-2H3,(H,16,17)/t11-,12+/m0/s1. The zero-order valence-corrected chi connectivity index (χ0v) is 12.0. The van der Waals surface area contributed by atoms with Gasteiger partial charge >= 0.3 is 5.97 Å². The van der Waals surface area contributed by atoms with Gasteiger partial charge in [0.1, 0.15) is 0 Å². The van der Waals surface area contributed by atoms with Crippen LogP contribution in [-0.2, 0) is 9.53 Å². The molecule has 0 saturated heterocycles. The zero-order chi connectivity index (χ0) is 14.5. The molecule has 1 aromatic rings. The van der Waals surface area contributed by atoms with Gasteiger partial charge in [0, 0.05) is 11.6 Å². The smallest absolute Gasteiger partial charge is 0.310 e. The maximum absolute atomic E-state index is 12.2. The van der Waals surface area contributed by atoms with Gasteiger partial charge in [-0.2, -0.15) is 0 Å². The molecule has 1 aliphatic rings. The molecule has 0 aromatic carbocycles. The van der Waals surface area contributed by atoms with Crippen molar-refractivity contribution in [2.24, 2.45) is 5.92 Å². The second-order valence-corrected chi connectivity index (χ2v) is 5.28. The van der Waals surface area contributed by atoms with Gasteiger partial charge in [0.2, 0.25) is 0 Å². The number of methoxy groups -OCH3 is 1. The molecule has 1 heterocycles. The summed E-state index contributed by atoms with van der Waals surface area (Å²) in [5.41, 5.74) is 0.797. The molecule has 5 nitrogen and oxygen atoms in total. The van der Waals surface area contributed by atoms with E-state index < -0.39 is 0 Å². The SMILES string of the molecule is COC(=O)[C@H]1CCCCC[C@H]1NC(=O)c1occc1C. The second kappa shape index (κ2) is 6.59. The summed E-state index contributed by atoms with van der Waals surface area (Å²) in [6, 6.07) is 1.57. The largest absolute Gasteiger partial charge is 0.469 e. The highest BCUT2D eigenvalue weighted by Gasteiger charge is 2.32. The van der Waals surface area contributed by atoms with E-state index in [0.717, 1.165) is 37.7 Å². The van der Waals surface area contributed by atoms with E-state index in [9.17, 15) is 9.59 Å². The number of esters is 1. The van der Waals surface area contributed by atoms with Crippen molar-refractivity contribution < 1.29 is 18.7 Å². The van der Waals surface area contributed by atoms with Gasteiger partial charge in [-0.05, 0) is 25.8 Å². The molecule has 1 saturated carbocycles. The van der Waals surface area contributed by atoms with E-state index >= 15 is 0 Å². The minimum atomic E-state index is -0.262. The molecule has 2 rings (SSSR count). The number of ether oxygens (including phenoxy) is 1. The van der Waals surface area contributed by atoms with Crippen molar-refractivity contribution in [3.05, 3.63) is 23.7 Å². The highest BCUT2D eigenvalue weighted by Crippen LogP contribution is 2.25. The van der Waals surface area contributed by atoms with Gasteiger partial charge in [-0.25, -0.2) is 0 Å². The molecule has 0 aliphatic heterocycles. The molecule has 110 valence electrons. The molecule has 1 amide bonds. The number of hydrogen-bond donors (Lipinski definition) is 1. The lowest BCUT2D eigenvalue weighted by Gasteiger charge is -2.23. The maximum atomic E-state index is 12.2. The van der Waals surface area contributed by atoms with Crippen molar-refractivity contribution in [3.63, 3.8) is 0 Å². The fraction of sp³-hybridized carbons (Fsp3) is 0.600. The van der Waals surface area contributed by atoms with E-state index in [1.807, 2.05) is 6.92 Å². The number of aryl methyl sites for hydroxylation is 1. The number of amides is 1. The highest BCUT2D eigenvalue weighted by atomic mass is 16.5. The first kappa shape index (κ1) is 14.6. The minimum absolute atomic E-state index is 0.179. The molecule has 20 heavy (non-hydrogen) atoms. The Morgan fingerprint density at radius 3 is 2.70 bits per heavy atom. The van der Waals surface area contributed by atoms with Crippen molar-refractivity contribution in [2.45, 2.75) is 45.1 Å². The highest BCUT2D eigenvalue weighted by molar-refractivity contribution is 5.93. The van der Waals surface area contributed by atoms with Crippen LogP contribution in [0.25, 0.3) is 0 Å². The molecule has 0 radical (unpaired) electrons. The Balaban J connectivity index is 2.09. The lowest BCUT2D eigenvalue weighted by molar-refractivity contribution is -0.146. The van der Waals surface area contributed by atoms with E-state index in [1.165, 1.54) is 13.4 Å². The fourth-order valence-corrected chi connectivity index (χ4v) is 2.75. The average molecular weight is 279 g/mol. The Kier molecular flexibility index (Phi) is 4.82. The Bertz CT molecular complexity index is 480. The first-order chi connectivity index (χ1) is 9.63. The third kappa shape index (κ3) is 3.21. The van der Waals surface area contributed by atoms with Gasteiger partial charge in [0.15, 0.2) is 5.76 Å². The number of carbonyl (C=O) groups excluding carboxylic acids is 2. The Hall–Kier alpha value is -1.78. The van der Waals surface area contributed by atoms with E-state index in [1.54, 1.807) is 6.07 Å². The molecule has 0 bridgehead atoms.